The molecule has 0 aliphatic carbocycles. The van der Waals surface area contributed by atoms with Crippen molar-refractivity contribution in [3.8, 4) is 0 Å². The zero-order valence-electron chi connectivity index (χ0n) is 11.1. The molecule has 4 atom stereocenters. The third-order valence-corrected chi connectivity index (χ3v) is 4.39. The van der Waals surface area contributed by atoms with Crippen molar-refractivity contribution in [1.29, 1.82) is 0 Å². The van der Waals surface area contributed by atoms with E-state index in [0.717, 1.165) is 15.8 Å². The largest absolute Gasteiger partial charge is 0.362 e. The highest BCUT2D eigenvalue weighted by atomic mass is 16.6. The number of hydrogen-bond donors (Lipinski definition) is 0. The molecule has 8 nitrogen and oxygen atoms in total. The third-order valence-electron chi connectivity index (χ3n) is 4.39. The summed E-state index contributed by atoms with van der Waals surface area (Å²) in [6.45, 7) is 0. The van der Waals surface area contributed by atoms with E-state index in [1.54, 1.807) is 12.4 Å². The van der Waals surface area contributed by atoms with Crippen molar-refractivity contribution >= 4 is 5.71 Å². The summed E-state index contributed by atoms with van der Waals surface area (Å²) in [4.78, 5) is 33.3. The zero-order chi connectivity index (χ0) is 14.3. The summed E-state index contributed by atoms with van der Waals surface area (Å²) in [5.41, 5.74) is 0.939. The predicted molar refractivity (Wildman–Crippen MR) is 71.4 cm³/mol. The van der Waals surface area contributed by atoms with Gasteiger partial charge in [-0.2, -0.15) is 0 Å². The Kier molecular flexibility index (Phi) is 1.81. The van der Waals surface area contributed by atoms with Gasteiger partial charge < -0.3 is 4.74 Å². The smallest absolute Gasteiger partial charge is 0.349 e. The highest BCUT2D eigenvalue weighted by molar-refractivity contribution is 6.04. The number of epoxide rings is 1. The summed E-state index contributed by atoms with van der Waals surface area (Å²) in [6, 6.07) is 3.37. The second-order valence-corrected chi connectivity index (χ2v) is 5.49. The molecule has 2 aromatic rings. The molecule has 0 amide bonds. The monoisotopic (exact) mass is 285 g/mol. The Balaban J connectivity index is 1.80. The molecule has 8 heteroatoms. The van der Waals surface area contributed by atoms with Gasteiger partial charge in [-0.05, 0) is 6.07 Å². The maximum atomic E-state index is 12.3. The van der Waals surface area contributed by atoms with Crippen LogP contribution in [0.1, 0.15) is 17.8 Å². The molecular weight excluding hydrogens is 274 g/mol. The molecule has 21 heavy (non-hydrogen) atoms. The van der Waals surface area contributed by atoms with Crippen molar-refractivity contribution in [2.24, 2.45) is 12.0 Å². The Bertz CT molecular complexity index is 906. The van der Waals surface area contributed by atoms with Crippen molar-refractivity contribution in [3.63, 3.8) is 0 Å². The molecule has 1 fully saturated rings. The molecular formula is C13H11N5O3. The Morgan fingerprint density at radius 3 is 2.76 bits per heavy atom. The van der Waals surface area contributed by atoms with E-state index in [2.05, 4.69) is 9.98 Å². The predicted octanol–water partition coefficient (Wildman–Crippen LogP) is -0.933. The van der Waals surface area contributed by atoms with Gasteiger partial charge in [0.1, 0.15) is 18.2 Å². The van der Waals surface area contributed by atoms with Gasteiger partial charge in [-0.1, -0.05) is 6.07 Å². The molecule has 6 heterocycles. The van der Waals surface area contributed by atoms with E-state index in [1.165, 1.54) is 16.4 Å². The number of ether oxygens (including phenoxy) is 1. The van der Waals surface area contributed by atoms with Crippen LogP contribution in [0.5, 0.6) is 0 Å². The van der Waals surface area contributed by atoms with E-state index < -0.39 is 6.17 Å². The molecule has 106 valence electrons. The number of aliphatic imine (C=N–C) groups is 1. The van der Waals surface area contributed by atoms with Crippen LogP contribution < -0.4 is 11.4 Å². The van der Waals surface area contributed by atoms with Crippen molar-refractivity contribution in [2.75, 3.05) is 0 Å². The highest BCUT2D eigenvalue weighted by Crippen LogP contribution is 2.49. The average molecular weight is 285 g/mol. The van der Waals surface area contributed by atoms with Crippen LogP contribution in [0.2, 0.25) is 0 Å². The van der Waals surface area contributed by atoms with Crippen LogP contribution in [0.3, 0.4) is 0 Å². The summed E-state index contributed by atoms with van der Waals surface area (Å²) < 4.78 is 9.66. The van der Waals surface area contributed by atoms with Gasteiger partial charge in [0.15, 0.2) is 6.17 Å². The number of hydrogen-bond acceptors (Lipinski definition) is 5. The minimum atomic E-state index is -0.461. The summed E-state index contributed by atoms with van der Waals surface area (Å²) in [5.74, 6) is 0. The Labute approximate surface area is 117 Å². The van der Waals surface area contributed by atoms with Gasteiger partial charge in [-0.3, -0.25) is 9.98 Å². The van der Waals surface area contributed by atoms with Crippen LogP contribution in [-0.4, -0.2) is 36.8 Å². The van der Waals surface area contributed by atoms with Gasteiger partial charge in [0.05, 0.1) is 5.71 Å². The van der Waals surface area contributed by atoms with Crippen LogP contribution in [-0.2, 0) is 11.8 Å². The van der Waals surface area contributed by atoms with Crippen molar-refractivity contribution in [3.05, 3.63) is 51.1 Å². The summed E-state index contributed by atoms with van der Waals surface area (Å²) in [7, 11) is 1.48. The number of nitrogens with zero attached hydrogens (tertiary/aromatic N) is 5. The fourth-order valence-electron chi connectivity index (χ4n) is 3.35. The topological polar surface area (TPSA) is 86.7 Å². The van der Waals surface area contributed by atoms with E-state index in [4.69, 9.17) is 4.74 Å². The lowest BCUT2D eigenvalue weighted by Gasteiger charge is -2.33. The molecule has 0 aromatic carbocycles. The zero-order valence-corrected chi connectivity index (χ0v) is 11.1. The average Bonchev–Trinajstić information content (AvgIpc) is 3.30. The van der Waals surface area contributed by atoms with Crippen LogP contribution in [0.25, 0.3) is 0 Å². The summed E-state index contributed by atoms with van der Waals surface area (Å²) in [6.07, 6.45) is 2.76. The second-order valence-electron chi connectivity index (χ2n) is 5.49. The lowest BCUT2D eigenvalue weighted by atomic mass is 9.94. The number of aromatic nitrogens is 4. The van der Waals surface area contributed by atoms with Gasteiger partial charge in [0.2, 0.25) is 0 Å². The minimum Gasteiger partial charge on any atom is -0.362 e. The maximum absolute atomic E-state index is 12.3. The van der Waals surface area contributed by atoms with Crippen LogP contribution >= 0.6 is 0 Å². The molecule has 2 bridgehead atoms. The molecule has 4 unspecified atom stereocenters. The first-order valence-electron chi connectivity index (χ1n) is 6.72. The maximum Gasteiger partial charge on any atom is 0.349 e. The quantitative estimate of drug-likeness (QED) is 0.633. The molecule has 4 aliphatic heterocycles. The lowest BCUT2D eigenvalue weighted by molar-refractivity contribution is 0.273. The van der Waals surface area contributed by atoms with Gasteiger partial charge in [0.25, 0.3) is 0 Å². The molecule has 0 radical (unpaired) electrons. The Morgan fingerprint density at radius 1 is 1.19 bits per heavy atom. The van der Waals surface area contributed by atoms with Crippen LogP contribution in [0, 0.1) is 0 Å². The summed E-state index contributed by atoms with van der Waals surface area (Å²) >= 11 is 0. The SMILES string of the molecule is Cn1c(=O)n2n(c1=O)C1C(c3cccnc3)=NC2C2OC21. The first kappa shape index (κ1) is 11.2. The van der Waals surface area contributed by atoms with E-state index in [0.29, 0.717) is 0 Å². The normalized spacial score (nSPS) is 31.6. The molecule has 1 saturated heterocycles. The van der Waals surface area contributed by atoms with E-state index in [-0.39, 0.29) is 29.6 Å². The lowest BCUT2D eigenvalue weighted by Crippen LogP contribution is -2.49. The third kappa shape index (κ3) is 1.19. The molecule has 0 N–H and O–H groups in total. The van der Waals surface area contributed by atoms with E-state index >= 15 is 0 Å². The summed E-state index contributed by atoms with van der Waals surface area (Å²) in [5, 5.41) is 0. The molecule has 6 rings (SSSR count). The molecule has 2 aromatic heterocycles. The fraction of sp³-hybridized carbons (Fsp3) is 0.385. The van der Waals surface area contributed by atoms with Gasteiger partial charge in [-0.25, -0.2) is 23.5 Å². The van der Waals surface area contributed by atoms with Crippen molar-refractivity contribution < 1.29 is 4.74 Å². The Hall–Kier alpha value is -2.48. The number of pyridine rings is 1. The van der Waals surface area contributed by atoms with Gasteiger partial charge in [0, 0.05) is 25.0 Å². The van der Waals surface area contributed by atoms with E-state index in [1.807, 2.05) is 12.1 Å². The second kappa shape index (κ2) is 3.40. The Morgan fingerprint density at radius 2 is 2.00 bits per heavy atom. The minimum absolute atomic E-state index is 0.0813. The highest BCUT2D eigenvalue weighted by Gasteiger charge is 2.62. The van der Waals surface area contributed by atoms with Crippen LogP contribution in [0.4, 0.5) is 0 Å². The van der Waals surface area contributed by atoms with Gasteiger partial charge >= 0.3 is 11.4 Å². The molecule has 4 aliphatic rings. The van der Waals surface area contributed by atoms with Crippen LogP contribution in [0.15, 0.2) is 39.1 Å². The molecule has 0 saturated carbocycles. The van der Waals surface area contributed by atoms with E-state index in [9.17, 15) is 9.59 Å². The van der Waals surface area contributed by atoms with Crippen molar-refractivity contribution in [2.45, 2.75) is 24.4 Å². The first-order valence-corrected chi connectivity index (χ1v) is 6.72. The first-order chi connectivity index (χ1) is 10.2. The standard InChI is InChI=1S/C13H11N5O3/c1-16-12(19)17-8-7(6-3-2-4-14-5-6)15-11(10-9(8)21-10)18(17)13(16)20/h2-5,8-11H,1H3. The number of rotatable bonds is 1. The van der Waals surface area contributed by atoms with Gasteiger partial charge in [-0.15, -0.1) is 0 Å². The molecule has 0 spiro atoms. The van der Waals surface area contributed by atoms with Crippen molar-refractivity contribution in [1.82, 2.24) is 18.9 Å². The fourth-order valence-corrected chi connectivity index (χ4v) is 3.35.